The summed E-state index contributed by atoms with van der Waals surface area (Å²) in [6.07, 6.45) is -0.623. The largest absolute Gasteiger partial charge is 0.479 e. The van der Waals surface area contributed by atoms with Gasteiger partial charge in [-0.2, -0.15) is 0 Å². The molecule has 1 rings (SSSR count). The average molecular weight is 258 g/mol. The second-order valence-electron chi connectivity index (χ2n) is 5.45. The molecular formula is C12H22N2O4. The number of carboxylic acid groups (broad SMARTS) is 1. The zero-order valence-corrected chi connectivity index (χ0v) is 11.4. The molecule has 1 amide bonds. The van der Waals surface area contributed by atoms with Crippen molar-refractivity contribution < 1.29 is 19.4 Å². The van der Waals surface area contributed by atoms with E-state index in [0.29, 0.717) is 19.4 Å². The van der Waals surface area contributed by atoms with E-state index in [1.807, 2.05) is 32.8 Å². The fraction of sp³-hybridized carbons (Fsp3) is 0.833. The summed E-state index contributed by atoms with van der Waals surface area (Å²) < 4.78 is 5.19. The van der Waals surface area contributed by atoms with Crippen molar-refractivity contribution in [3.05, 3.63) is 0 Å². The molecule has 0 unspecified atom stereocenters. The summed E-state index contributed by atoms with van der Waals surface area (Å²) in [4.78, 5) is 24.6. The second-order valence-corrected chi connectivity index (χ2v) is 5.45. The highest BCUT2D eigenvalue weighted by molar-refractivity contribution is 5.82. The van der Waals surface area contributed by atoms with E-state index in [2.05, 4.69) is 5.32 Å². The Morgan fingerprint density at radius 2 is 1.89 bits per heavy atom. The van der Waals surface area contributed by atoms with E-state index in [1.165, 1.54) is 0 Å². The van der Waals surface area contributed by atoms with Gasteiger partial charge in [-0.15, -0.1) is 0 Å². The Labute approximate surface area is 107 Å². The zero-order valence-electron chi connectivity index (χ0n) is 11.4. The molecule has 0 aromatic rings. The van der Waals surface area contributed by atoms with E-state index >= 15 is 0 Å². The highest BCUT2D eigenvalue weighted by Crippen LogP contribution is 2.20. The Bertz CT molecular complexity index is 328. The molecule has 0 bridgehead atoms. The normalized spacial score (nSPS) is 24.3. The number of nitrogens with one attached hydrogen (secondary N) is 1. The first-order chi connectivity index (χ1) is 8.24. The Morgan fingerprint density at radius 1 is 1.33 bits per heavy atom. The van der Waals surface area contributed by atoms with Crippen LogP contribution in [0.5, 0.6) is 0 Å². The minimum absolute atomic E-state index is 0.152. The van der Waals surface area contributed by atoms with Crippen molar-refractivity contribution in [3.8, 4) is 0 Å². The molecule has 18 heavy (non-hydrogen) atoms. The quantitative estimate of drug-likeness (QED) is 0.730. The SMILES string of the molecule is CN(C)C(C)(C)CNC(=O)[C@@H]1CC[C@H](C(=O)O)O1. The maximum atomic E-state index is 11.8. The van der Waals surface area contributed by atoms with Crippen molar-refractivity contribution in [3.63, 3.8) is 0 Å². The summed E-state index contributed by atoms with van der Waals surface area (Å²) in [6, 6.07) is 0. The van der Waals surface area contributed by atoms with Gasteiger partial charge in [-0.05, 0) is 40.8 Å². The Kier molecular flexibility index (Phi) is 4.70. The molecule has 1 aliphatic rings. The Balaban J connectivity index is 2.41. The first kappa shape index (κ1) is 14.9. The van der Waals surface area contributed by atoms with Crippen molar-refractivity contribution in [2.45, 2.75) is 44.4 Å². The zero-order chi connectivity index (χ0) is 13.9. The topological polar surface area (TPSA) is 78.9 Å². The first-order valence-electron chi connectivity index (χ1n) is 6.07. The van der Waals surface area contributed by atoms with Gasteiger partial charge in [-0.3, -0.25) is 4.79 Å². The van der Waals surface area contributed by atoms with Gasteiger partial charge in [0.15, 0.2) is 6.10 Å². The summed E-state index contributed by atoms with van der Waals surface area (Å²) in [5.74, 6) is -1.23. The van der Waals surface area contributed by atoms with Crippen molar-refractivity contribution in [2.24, 2.45) is 0 Å². The molecule has 1 heterocycles. The number of carbonyl (C=O) groups is 2. The lowest BCUT2D eigenvalue weighted by Gasteiger charge is -2.32. The molecule has 104 valence electrons. The molecule has 0 radical (unpaired) electrons. The van der Waals surface area contributed by atoms with E-state index < -0.39 is 18.2 Å². The maximum Gasteiger partial charge on any atom is 0.332 e. The van der Waals surface area contributed by atoms with Crippen LogP contribution in [-0.4, -0.2) is 60.3 Å². The predicted molar refractivity (Wildman–Crippen MR) is 66.3 cm³/mol. The number of likely N-dealkylation sites (N-methyl/N-ethyl adjacent to an activating group) is 1. The van der Waals surface area contributed by atoms with E-state index in [1.54, 1.807) is 0 Å². The third-order valence-corrected chi connectivity index (χ3v) is 3.49. The van der Waals surface area contributed by atoms with Gasteiger partial charge >= 0.3 is 5.97 Å². The molecule has 1 saturated heterocycles. The van der Waals surface area contributed by atoms with Crippen LogP contribution < -0.4 is 5.32 Å². The van der Waals surface area contributed by atoms with Crippen LogP contribution in [0.3, 0.4) is 0 Å². The van der Waals surface area contributed by atoms with Gasteiger partial charge in [0, 0.05) is 12.1 Å². The molecule has 0 aromatic heterocycles. The monoisotopic (exact) mass is 258 g/mol. The van der Waals surface area contributed by atoms with Crippen LogP contribution in [0.2, 0.25) is 0 Å². The Morgan fingerprint density at radius 3 is 2.33 bits per heavy atom. The molecule has 1 aliphatic heterocycles. The van der Waals surface area contributed by atoms with Crippen molar-refractivity contribution >= 4 is 11.9 Å². The van der Waals surface area contributed by atoms with E-state index in [-0.39, 0.29) is 11.4 Å². The summed E-state index contributed by atoms with van der Waals surface area (Å²) in [6.45, 7) is 4.53. The molecular weight excluding hydrogens is 236 g/mol. The summed E-state index contributed by atoms with van der Waals surface area (Å²) in [5.41, 5.74) is -0.152. The van der Waals surface area contributed by atoms with E-state index in [0.717, 1.165) is 0 Å². The van der Waals surface area contributed by atoms with Gasteiger partial charge in [-0.25, -0.2) is 4.79 Å². The number of hydrogen-bond donors (Lipinski definition) is 2. The number of aliphatic carboxylic acids is 1. The van der Waals surface area contributed by atoms with Crippen molar-refractivity contribution in [1.82, 2.24) is 10.2 Å². The van der Waals surface area contributed by atoms with Crippen molar-refractivity contribution in [2.75, 3.05) is 20.6 Å². The van der Waals surface area contributed by atoms with Crippen LogP contribution in [-0.2, 0) is 14.3 Å². The highest BCUT2D eigenvalue weighted by Gasteiger charge is 2.35. The van der Waals surface area contributed by atoms with Crippen LogP contribution in [0.15, 0.2) is 0 Å². The maximum absolute atomic E-state index is 11.8. The highest BCUT2D eigenvalue weighted by atomic mass is 16.5. The number of amides is 1. The third kappa shape index (κ3) is 3.68. The molecule has 6 nitrogen and oxygen atoms in total. The number of rotatable bonds is 5. The van der Waals surface area contributed by atoms with Gasteiger partial charge in [0.2, 0.25) is 5.91 Å². The van der Waals surface area contributed by atoms with Crippen LogP contribution in [0.4, 0.5) is 0 Å². The fourth-order valence-corrected chi connectivity index (χ4v) is 1.59. The molecule has 0 aliphatic carbocycles. The van der Waals surface area contributed by atoms with Crippen LogP contribution in [0.25, 0.3) is 0 Å². The first-order valence-corrected chi connectivity index (χ1v) is 6.07. The number of nitrogens with zero attached hydrogens (tertiary/aromatic N) is 1. The lowest BCUT2D eigenvalue weighted by atomic mass is 10.0. The average Bonchev–Trinajstić information content (AvgIpc) is 2.75. The molecule has 2 atom stereocenters. The molecule has 2 N–H and O–H groups in total. The second kappa shape index (κ2) is 5.67. The van der Waals surface area contributed by atoms with Gasteiger partial charge in [0.25, 0.3) is 0 Å². The van der Waals surface area contributed by atoms with Crippen LogP contribution in [0, 0.1) is 0 Å². The smallest absolute Gasteiger partial charge is 0.332 e. The third-order valence-electron chi connectivity index (χ3n) is 3.49. The minimum Gasteiger partial charge on any atom is -0.479 e. The minimum atomic E-state index is -1.00. The Hall–Kier alpha value is -1.14. The number of hydrogen-bond acceptors (Lipinski definition) is 4. The van der Waals surface area contributed by atoms with Crippen molar-refractivity contribution in [1.29, 1.82) is 0 Å². The van der Waals surface area contributed by atoms with Crippen LogP contribution in [0.1, 0.15) is 26.7 Å². The number of carboxylic acids is 1. The number of ether oxygens (including phenoxy) is 1. The molecule has 0 saturated carbocycles. The lowest BCUT2D eigenvalue weighted by Crippen LogP contribution is -2.50. The molecule has 0 spiro atoms. The van der Waals surface area contributed by atoms with E-state index in [9.17, 15) is 9.59 Å². The lowest BCUT2D eigenvalue weighted by molar-refractivity contribution is -0.151. The summed E-state index contributed by atoms with van der Waals surface area (Å²) in [5, 5.41) is 11.6. The molecule has 6 heteroatoms. The van der Waals surface area contributed by atoms with Gasteiger partial charge in [0.05, 0.1) is 0 Å². The fourth-order valence-electron chi connectivity index (χ4n) is 1.59. The van der Waals surface area contributed by atoms with Gasteiger partial charge in [-0.1, -0.05) is 0 Å². The number of carbonyl (C=O) groups excluding carboxylic acids is 1. The summed E-state index contributed by atoms with van der Waals surface area (Å²) >= 11 is 0. The predicted octanol–water partition coefficient (Wildman–Crippen LogP) is 0.0750. The molecule has 1 fully saturated rings. The van der Waals surface area contributed by atoms with E-state index in [4.69, 9.17) is 9.84 Å². The standard InChI is InChI=1S/C12H22N2O4/c1-12(2,14(3)4)7-13-10(15)8-5-6-9(18-8)11(16)17/h8-9H,5-7H2,1-4H3,(H,13,15)(H,16,17)/t8-,9+/m0/s1. The summed E-state index contributed by atoms with van der Waals surface area (Å²) in [7, 11) is 3.89. The van der Waals surface area contributed by atoms with Gasteiger partial charge in [0.1, 0.15) is 6.10 Å². The van der Waals surface area contributed by atoms with Crippen LogP contribution >= 0.6 is 0 Å². The van der Waals surface area contributed by atoms with Gasteiger partial charge < -0.3 is 20.1 Å². The molecule has 0 aromatic carbocycles.